The van der Waals surface area contributed by atoms with Crippen LogP contribution in [-0.4, -0.2) is 9.78 Å². The van der Waals surface area contributed by atoms with E-state index in [1.807, 2.05) is 0 Å². The largest absolute Gasteiger partial charge is 0.384 e. The fraction of sp³-hybridized carbons (Fsp3) is 0.357. The minimum Gasteiger partial charge on any atom is -0.384 e. The standard InChI is InChI=1S/C14H17F2N3/c1-8(2)4-12-13(18-19(3)14(12)17)9-5-10(15)7-11(16)6-9/h5-8H,4,17H2,1-3H3. The SMILES string of the molecule is CC(C)Cc1c(-c2cc(F)cc(F)c2)nn(C)c1N. The fourth-order valence-corrected chi connectivity index (χ4v) is 2.11. The van der Waals surface area contributed by atoms with E-state index in [1.165, 1.54) is 16.8 Å². The van der Waals surface area contributed by atoms with Crippen molar-refractivity contribution < 1.29 is 8.78 Å². The van der Waals surface area contributed by atoms with Gasteiger partial charge in [0.05, 0.1) is 5.69 Å². The summed E-state index contributed by atoms with van der Waals surface area (Å²) in [5.41, 5.74) is 7.78. The van der Waals surface area contributed by atoms with E-state index < -0.39 is 11.6 Å². The van der Waals surface area contributed by atoms with Crippen molar-refractivity contribution in [2.75, 3.05) is 5.73 Å². The smallest absolute Gasteiger partial charge is 0.126 e. The first kappa shape index (κ1) is 13.5. The molecule has 2 rings (SSSR count). The van der Waals surface area contributed by atoms with E-state index in [1.54, 1.807) is 7.05 Å². The van der Waals surface area contributed by atoms with Crippen molar-refractivity contribution in [3.05, 3.63) is 35.4 Å². The summed E-state index contributed by atoms with van der Waals surface area (Å²) in [6.07, 6.45) is 0.715. The quantitative estimate of drug-likeness (QED) is 0.926. The Bertz CT molecular complexity index is 583. The molecule has 1 heterocycles. The predicted molar refractivity (Wildman–Crippen MR) is 71.5 cm³/mol. The molecule has 0 radical (unpaired) electrons. The maximum absolute atomic E-state index is 13.3. The summed E-state index contributed by atoms with van der Waals surface area (Å²) in [7, 11) is 1.72. The van der Waals surface area contributed by atoms with Crippen molar-refractivity contribution in [1.29, 1.82) is 0 Å². The Kier molecular flexibility index (Phi) is 3.55. The van der Waals surface area contributed by atoms with Crippen LogP contribution in [0.5, 0.6) is 0 Å². The summed E-state index contributed by atoms with van der Waals surface area (Å²) >= 11 is 0. The lowest BCUT2D eigenvalue weighted by molar-refractivity contribution is 0.584. The maximum Gasteiger partial charge on any atom is 0.126 e. The van der Waals surface area contributed by atoms with Crippen LogP contribution >= 0.6 is 0 Å². The van der Waals surface area contributed by atoms with Crippen molar-refractivity contribution in [2.45, 2.75) is 20.3 Å². The summed E-state index contributed by atoms with van der Waals surface area (Å²) in [5.74, 6) is -0.318. The van der Waals surface area contributed by atoms with Crippen molar-refractivity contribution >= 4 is 5.82 Å². The summed E-state index contributed by atoms with van der Waals surface area (Å²) in [4.78, 5) is 0. The van der Waals surface area contributed by atoms with E-state index in [0.29, 0.717) is 29.4 Å². The highest BCUT2D eigenvalue weighted by Gasteiger charge is 2.17. The zero-order valence-electron chi connectivity index (χ0n) is 11.2. The Morgan fingerprint density at radius 1 is 1.21 bits per heavy atom. The molecule has 0 bridgehead atoms. The van der Waals surface area contributed by atoms with E-state index >= 15 is 0 Å². The van der Waals surface area contributed by atoms with Gasteiger partial charge in [-0.25, -0.2) is 8.78 Å². The van der Waals surface area contributed by atoms with Gasteiger partial charge < -0.3 is 5.73 Å². The molecule has 0 aliphatic rings. The first-order valence-electron chi connectivity index (χ1n) is 6.16. The molecule has 0 unspecified atom stereocenters. The second-order valence-electron chi connectivity index (χ2n) is 5.09. The van der Waals surface area contributed by atoms with E-state index in [2.05, 4.69) is 18.9 Å². The van der Waals surface area contributed by atoms with Gasteiger partial charge in [-0.3, -0.25) is 4.68 Å². The highest BCUT2D eigenvalue weighted by Crippen LogP contribution is 2.29. The number of hydrogen-bond acceptors (Lipinski definition) is 2. The number of nitrogen functional groups attached to an aromatic ring is 1. The van der Waals surface area contributed by atoms with E-state index in [4.69, 9.17) is 5.73 Å². The topological polar surface area (TPSA) is 43.8 Å². The predicted octanol–water partition coefficient (Wildman–Crippen LogP) is 3.15. The van der Waals surface area contributed by atoms with Crippen LogP contribution in [0.4, 0.5) is 14.6 Å². The molecule has 1 aromatic heterocycles. The first-order valence-corrected chi connectivity index (χ1v) is 6.16. The molecule has 0 aliphatic heterocycles. The van der Waals surface area contributed by atoms with E-state index in [-0.39, 0.29) is 0 Å². The molecule has 1 aromatic carbocycles. The highest BCUT2D eigenvalue weighted by atomic mass is 19.1. The number of benzene rings is 1. The summed E-state index contributed by atoms with van der Waals surface area (Å²) in [5, 5.41) is 4.27. The second kappa shape index (κ2) is 4.99. The maximum atomic E-state index is 13.3. The minimum atomic E-state index is -0.616. The molecule has 0 amide bonds. The normalized spacial score (nSPS) is 11.3. The molecule has 0 spiro atoms. The monoisotopic (exact) mass is 265 g/mol. The first-order chi connectivity index (χ1) is 8.88. The molecule has 0 fully saturated rings. The second-order valence-corrected chi connectivity index (χ2v) is 5.09. The summed E-state index contributed by atoms with van der Waals surface area (Å²) < 4.78 is 28.2. The zero-order chi connectivity index (χ0) is 14.2. The van der Waals surface area contributed by atoms with Crippen LogP contribution in [0.1, 0.15) is 19.4 Å². The van der Waals surface area contributed by atoms with Gasteiger partial charge in [0.25, 0.3) is 0 Å². The third kappa shape index (κ3) is 2.75. The Labute approximate surface area is 111 Å². The van der Waals surface area contributed by atoms with Crippen LogP contribution in [0.3, 0.4) is 0 Å². The molecule has 0 saturated heterocycles. The molecular formula is C14H17F2N3. The third-order valence-electron chi connectivity index (χ3n) is 2.94. The summed E-state index contributed by atoms with van der Waals surface area (Å²) in [6.45, 7) is 4.12. The average molecular weight is 265 g/mol. The number of anilines is 1. The number of aryl methyl sites for hydroxylation is 1. The Morgan fingerprint density at radius 3 is 2.32 bits per heavy atom. The van der Waals surface area contributed by atoms with Crippen LogP contribution in [-0.2, 0) is 13.5 Å². The molecule has 0 saturated carbocycles. The number of hydrogen-bond donors (Lipinski definition) is 1. The van der Waals surface area contributed by atoms with Crippen molar-refractivity contribution in [2.24, 2.45) is 13.0 Å². The van der Waals surface area contributed by atoms with Gasteiger partial charge in [0.2, 0.25) is 0 Å². The molecule has 2 aromatic rings. The van der Waals surface area contributed by atoms with Crippen LogP contribution in [0.25, 0.3) is 11.3 Å². The van der Waals surface area contributed by atoms with E-state index in [9.17, 15) is 8.78 Å². The van der Waals surface area contributed by atoms with Crippen LogP contribution < -0.4 is 5.73 Å². The van der Waals surface area contributed by atoms with Crippen LogP contribution in [0.15, 0.2) is 18.2 Å². The van der Waals surface area contributed by atoms with Gasteiger partial charge in [0.1, 0.15) is 17.5 Å². The number of nitrogens with two attached hydrogens (primary N) is 1. The van der Waals surface area contributed by atoms with E-state index in [0.717, 1.165) is 11.6 Å². The Balaban J connectivity index is 2.57. The van der Waals surface area contributed by atoms with Gasteiger partial charge in [-0.05, 0) is 24.5 Å². The molecule has 2 N–H and O–H groups in total. The van der Waals surface area contributed by atoms with Gasteiger partial charge in [-0.1, -0.05) is 13.8 Å². The lowest BCUT2D eigenvalue weighted by atomic mass is 9.99. The average Bonchev–Trinajstić information content (AvgIpc) is 2.55. The highest BCUT2D eigenvalue weighted by molar-refractivity contribution is 5.68. The lowest BCUT2D eigenvalue weighted by Gasteiger charge is -2.07. The van der Waals surface area contributed by atoms with Gasteiger partial charge in [-0.15, -0.1) is 0 Å². The summed E-state index contributed by atoms with van der Waals surface area (Å²) in [6, 6.07) is 3.39. The molecule has 0 atom stereocenters. The Morgan fingerprint density at radius 2 is 1.79 bits per heavy atom. The van der Waals surface area contributed by atoms with Crippen molar-refractivity contribution in [3.8, 4) is 11.3 Å². The van der Waals surface area contributed by atoms with Crippen molar-refractivity contribution in [3.63, 3.8) is 0 Å². The third-order valence-corrected chi connectivity index (χ3v) is 2.94. The van der Waals surface area contributed by atoms with Crippen LogP contribution in [0.2, 0.25) is 0 Å². The fourth-order valence-electron chi connectivity index (χ4n) is 2.11. The van der Waals surface area contributed by atoms with Gasteiger partial charge >= 0.3 is 0 Å². The lowest BCUT2D eigenvalue weighted by Crippen LogP contribution is -2.02. The Hall–Kier alpha value is -1.91. The number of nitrogens with zero attached hydrogens (tertiary/aromatic N) is 2. The van der Waals surface area contributed by atoms with Gasteiger partial charge in [0, 0.05) is 24.2 Å². The molecule has 5 heteroatoms. The molecule has 19 heavy (non-hydrogen) atoms. The van der Waals surface area contributed by atoms with Gasteiger partial charge in [-0.2, -0.15) is 5.10 Å². The molecule has 0 aliphatic carbocycles. The van der Waals surface area contributed by atoms with Crippen molar-refractivity contribution in [1.82, 2.24) is 9.78 Å². The van der Waals surface area contributed by atoms with Crippen LogP contribution in [0, 0.1) is 17.6 Å². The zero-order valence-corrected chi connectivity index (χ0v) is 11.2. The minimum absolute atomic E-state index is 0.378. The molecular weight excluding hydrogens is 248 g/mol. The number of rotatable bonds is 3. The number of halogens is 2. The molecule has 102 valence electrons. The van der Waals surface area contributed by atoms with Gasteiger partial charge in [0.15, 0.2) is 0 Å². The molecule has 3 nitrogen and oxygen atoms in total. The number of aromatic nitrogens is 2.